The third-order valence-electron chi connectivity index (χ3n) is 3.67. The van der Waals surface area contributed by atoms with Gasteiger partial charge in [-0.1, -0.05) is 23.7 Å². The minimum absolute atomic E-state index is 0.0314. The van der Waals surface area contributed by atoms with Gasteiger partial charge in [0, 0.05) is 17.1 Å². The molecule has 1 aromatic heterocycles. The Labute approximate surface area is 130 Å². The molecule has 0 aliphatic heterocycles. The van der Waals surface area contributed by atoms with Gasteiger partial charge in [0.1, 0.15) is 0 Å². The molecule has 5 heteroatoms. The van der Waals surface area contributed by atoms with Crippen LogP contribution in [0, 0.1) is 0 Å². The second-order valence-electron chi connectivity index (χ2n) is 5.65. The average molecular weight is 308 g/mol. The lowest BCUT2D eigenvalue weighted by atomic mass is 9.94. The number of hydrogen-bond donors (Lipinski definition) is 2. The Bertz CT molecular complexity index is 563. The number of nitrogens with one attached hydrogen (secondary N) is 1. The predicted octanol–water partition coefficient (Wildman–Crippen LogP) is 2.94. The van der Waals surface area contributed by atoms with Crippen LogP contribution in [-0.2, 0) is 18.7 Å². The normalized spacial score (nSPS) is 11.8. The lowest BCUT2D eigenvalue weighted by molar-refractivity contribution is 0.269. The monoisotopic (exact) mass is 307 g/mol. The quantitative estimate of drug-likeness (QED) is 0.773. The van der Waals surface area contributed by atoms with E-state index >= 15 is 0 Å². The Morgan fingerprint density at radius 1 is 1.29 bits per heavy atom. The molecule has 0 bridgehead atoms. The first-order chi connectivity index (χ1) is 10.0. The van der Waals surface area contributed by atoms with Gasteiger partial charge in [0.15, 0.2) is 0 Å². The van der Waals surface area contributed by atoms with E-state index in [0.29, 0.717) is 0 Å². The molecule has 4 nitrogen and oxygen atoms in total. The van der Waals surface area contributed by atoms with Gasteiger partial charge >= 0.3 is 0 Å². The SMILES string of the molecule is CC(C)(NCCCn1cncc1CO)c1ccc(Cl)cc1. The van der Waals surface area contributed by atoms with Gasteiger partial charge in [-0.3, -0.25) is 0 Å². The van der Waals surface area contributed by atoms with E-state index in [9.17, 15) is 5.11 Å². The number of rotatable bonds is 7. The van der Waals surface area contributed by atoms with Crippen molar-refractivity contribution in [3.8, 4) is 0 Å². The molecule has 0 saturated carbocycles. The van der Waals surface area contributed by atoms with Crippen LogP contribution in [0.15, 0.2) is 36.8 Å². The van der Waals surface area contributed by atoms with Gasteiger partial charge in [0.25, 0.3) is 0 Å². The zero-order valence-electron chi connectivity index (χ0n) is 12.5. The van der Waals surface area contributed by atoms with Crippen LogP contribution in [0.3, 0.4) is 0 Å². The molecule has 114 valence electrons. The highest BCUT2D eigenvalue weighted by molar-refractivity contribution is 6.30. The number of benzene rings is 1. The molecule has 21 heavy (non-hydrogen) atoms. The first-order valence-electron chi connectivity index (χ1n) is 7.14. The highest BCUT2D eigenvalue weighted by atomic mass is 35.5. The van der Waals surface area contributed by atoms with E-state index in [1.54, 1.807) is 12.5 Å². The summed E-state index contributed by atoms with van der Waals surface area (Å²) in [6.07, 6.45) is 4.43. The van der Waals surface area contributed by atoms with E-state index in [2.05, 4.69) is 36.3 Å². The van der Waals surface area contributed by atoms with Gasteiger partial charge in [-0.15, -0.1) is 0 Å². The van der Waals surface area contributed by atoms with Crippen molar-refractivity contribution >= 4 is 11.6 Å². The van der Waals surface area contributed by atoms with Crippen LogP contribution < -0.4 is 5.32 Å². The fourth-order valence-corrected chi connectivity index (χ4v) is 2.43. The summed E-state index contributed by atoms with van der Waals surface area (Å²) in [7, 11) is 0. The molecule has 2 rings (SSSR count). The number of aryl methyl sites for hydroxylation is 1. The summed E-state index contributed by atoms with van der Waals surface area (Å²) in [5.41, 5.74) is 1.97. The van der Waals surface area contributed by atoms with Crippen LogP contribution in [0.2, 0.25) is 5.02 Å². The summed E-state index contributed by atoms with van der Waals surface area (Å²) in [6, 6.07) is 7.93. The van der Waals surface area contributed by atoms with E-state index in [1.165, 1.54) is 5.56 Å². The summed E-state index contributed by atoms with van der Waals surface area (Å²) >= 11 is 5.92. The summed E-state index contributed by atoms with van der Waals surface area (Å²) < 4.78 is 1.98. The second-order valence-corrected chi connectivity index (χ2v) is 6.09. The first-order valence-corrected chi connectivity index (χ1v) is 7.51. The topological polar surface area (TPSA) is 50.1 Å². The fourth-order valence-electron chi connectivity index (χ4n) is 2.30. The molecule has 0 saturated heterocycles. The summed E-state index contributed by atoms with van der Waals surface area (Å²) in [4.78, 5) is 4.05. The lowest BCUT2D eigenvalue weighted by Crippen LogP contribution is -2.37. The minimum atomic E-state index is -0.0979. The molecule has 0 aliphatic rings. The number of hydrogen-bond acceptors (Lipinski definition) is 3. The predicted molar refractivity (Wildman–Crippen MR) is 85.2 cm³/mol. The van der Waals surface area contributed by atoms with Crippen LogP contribution in [-0.4, -0.2) is 21.2 Å². The number of aliphatic hydroxyl groups excluding tert-OH is 1. The zero-order chi connectivity index (χ0) is 15.3. The highest BCUT2D eigenvalue weighted by Gasteiger charge is 2.18. The summed E-state index contributed by atoms with van der Waals surface area (Å²) in [5.74, 6) is 0. The van der Waals surface area contributed by atoms with Gasteiger partial charge in [0.2, 0.25) is 0 Å². The Hall–Kier alpha value is -1.36. The number of halogens is 1. The van der Waals surface area contributed by atoms with Crippen molar-refractivity contribution in [3.63, 3.8) is 0 Å². The van der Waals surface area contributed by atoms with E-state index in [4.69, 9.17) is 11.6 Å². The van der Waals surface area contributed by atoms with Crippen LogP contribution in [0.5, 0.6) is 0 Å². The van der Waals surface area contributed by atoms with Crippen LogP contribution in [0.1, 0.15) is 31.5 Å². The molecule has 1 aromatic carbocycles. The molecule has 0 unspecified atom stereocenters. The Morgan fingerprint density at radius 3 is 2.67 bits per heavy atom. The second kappa shape index (κ2) is 7.07. The maximum Gasteiger partial charge on any atom is 0.0948 e. The van der Waals surface area contributed by atoms with Crippen molar-refractivity contribution in [2.75, 3.05) is 6.54 Å². The fraction of sp³-hybridized carbons (Fsp3) is 0.438. The van der Waals surface area contributed by atoms with Crippen LogP contribution in [0.4, 0.5) is 0 Å². The smallest absolute Gasteiger partial charge is 0.0948 e. The van der Waals surface area contributed by atoms with Crippen molar-refractivity contribution in [2.45, 2.75) is 39.0 Å². The van der Waals surface area contributed by atoms with Crippen molar-refractivity contribution in [1.29, 1.82) is 0 Å². The maximum atomic E-state index is 9.18. The van der Waals surface area contributed by atoms with Crippen LogP contribution >= 0.6 is 11.6 Å². The van der Waals surface area contributed by atoms with Crippen molar-refractivity contribution in [3.05, 3.63) is 53.1 Å². The minimum Gasteiger partial charge on any atom is -0.390 e. The maximum absolute atomic E-state index is 9.18. The summed E-state index contributed by atoms with van der Waals surface area (Å²) in [5, 5.41) is 13.5. The average Bonchev–Trinajstić information content (AvgIpc) is 2.91. The number of aromatic nitrogens is 2. The molecule has 0 fully saturated rings. The number of aliphatic hydroxyl groups is 1. The van der Waals surface area contributed by atoms with E-state index in [-0.39, 0.29) is 12.1 Å². The number of imidazole rings is 1. The molecule has 0 spiro atoms. The molecular formula is C16H22ClN3O. The first kappa shape index (κ1) is 16.0. The van der Waals surface area contributed by atoms with Crippen LogP contribution in [0.25, 0.3) is 0 Å². The van der Waals surface area contributed by atoms with E-state index < -0.39 is 0 Å². The lowest BCUT2D eigenvalue weighted by Gasteiger charge is -2.27. The summed E-state index contributed by atoms with van der Waals surface area (Å²) in [6.45, 7) is 6.08. The van der Waals surface area contributed by atoms with Gasteiger partial charge in [0.05, 0.1) is 24.8 Å². The molecule has 0 aliphatic carbocycles. The van der Waals surface area contributed by atoms with Crippen molar-refractivity contribution in [2.24, 2.45) is 0 Å². The molecular weight excluding hydrogens is 286 g/mol. The largest absolute Gasteiger partial charge is 0.390 e. The Morgan fingerprint density at radius 2 is 2.00 bits per heavy atom. The zero-order valence-corrected chi connectivity index (χ0v) is 13.3. The van der Waals surface area contributed by atoms with Crippen molar-refractivity contribution in [1.82, 2.24) is 14.9 Å². The third-order valence-corrected chi connectivity index (χ3v) is 3.92. The number of nitrogens with zero attached hydrogens (tertiary/aromatic N) is 2. The Kier molecular flexibility index (Phi) is 5.39. The molecule has 0 amide bonds. The van der Waals surface area contributed by atoms with Gasteiger partial charge in [-0.25, -0.2) is 4.98 Å². The third kappa shape index (κ3) is 4.30. The molecule has 0 radical (unpaired) electrons. The molecule has 2 aromatic rings. The van der Waals surface area contributed by atoms with Gasteiger partial charge in [-0.05, 0) is 44.5 Å². The van der Waals surface area contributed by atoms with Gasteiger partial charge < -0.3 is 15.0 Å². The van der Waals surface area contributed by atoms with Gasteiger partial charge in [-0.2, -0.15) is 0 Å². The van der Waals surface area contributed by atoms with E-state index in [0.717, 1.165) is 30.2 Å². The Balaban J connectivity index is 1.83. The highest BCUT2D eigenvalue weighted by Crippen LogP contribution is 2.21. The van der Waals surface area contributed by atoms with E-state index in [1.807, 2.05) is 16.7 Å². The standard InChI is InChI=1S/C16H22ClN3O/c1-16(2,13-4-6-14(17)7-5-13)19-8-3-9-20-12-18-10-15(20)11-21/h4-7,10,12,19,21H,3,8-9,11H2,1-2H3. The molecule has 2 N–H and O–H groups in total. The van der Waals surface area contributed by atoms with Crippen molar-refractivity contribution < 1.29 is 5.11 Å². The molecule has 1 heterocycles. The molecule has 0 atom stereocenters.